The topological polar surface area (TPSA) is 87.8 Å². The molecule has 0 aliphatic carbocycles. The van der Waals surface area contributed by atoms with Crippen LogP contribution in [-0.4, -0.2) is 30.1 Å². The van der Waals surface area contributed by atoms with Crippen molar-refractivity contribution in [3.05, 3.63) is 58.1 Å². The molecule has 0 saturated carbocycles. The molecule has 0 aliphatic heterocycles. The zero-order valence-electron chi connectivity index (χ0n) is 12.9. The van der Waals surface area contributed by atoms with E-state index in [9.17, 15) is 32.8 Å². The standard InChI is InChI=1S/C16H12F4N2O4/c17-15(18)16(19,20)9-26-12-6-4-11(5-7-12)21-8-10-2-1-3-13(14(10)23)22(24)25/h1-8,15,23H,9H2/p-1. The molecule has 138 valence electrons. The molecule has 0 bridgehead atoms. The van der Waals surface area contributed by atoms with Crippen LogP contribution >= 0.6 is 0 Å². The van der Waals surface area contributed by atoms with Gasteiger partial charge in [0, 0.05) is 12.3 Å². The van der Waals surface area contributed by atoms with Gasteiger partial charge in [0.1, 0.15) is 5.75 Å². The van der Waals surface area contributed by atoms with Crippen molar-refractivity contribution >= 4 is 17.6 Å². The molecule has 0 saturated heterocycles. The van der Waals surface area contributed by atoms with E-state index in [1.165, 1.54) is 36.4 Å². The van der Waals surface area contributed by atoms with Crippen LogP contribution in [0.2, 0.25) is 0 Å². The van der Waals surface area contributed by atoms with E-state index in [4.69, 9.17) is 0 Å². The predicted octanol–water partition coefficient (Wildman–Crippen LogP) is 3.70. The van der Waals surface area contributed by atoms with Gasteiger partial charge in [-0.2, -0.15) is 8.78 Å². The van der Waals surface area contributed by atoms with Crippen LogP contribution in [0.15, 0.2) is 47.5 Å². The van der Waals surface area contributed by atoms with Crippen molar-refractivity contribution in [2.24, 2.45) is 4.99 Å². The van der Waals surface area contributed by atoms with Crippen LogP contribution in [0.4, 0.5) is 28.9 Å². The van der Waals surface area contributed by atoms with Crippen molar-refractivity contribution in [2.75, 3.05) is 6.61 Å². The molecule has 0 fully saturated rings. The van der Waals surface area contributed by atoms with Crippen molar-refractivity contribution in [3.63, 3.8) is 0 Å². The van der Waals surface area contributed by atoms with Crippen LogP contribution in [0.5, 0.6) is 11.5 Å². The Labute approximate surface area is 144 Å². The number of alkyl halides is 4. The number of nitro groups is 1. The van der Waals surface area contributed by atoms with Crippen molar-refractivity contribution in [1.82, 2.24) is 0 Å². The maximum absolute atomic E-state index is 12.8. The first kappa shape index (κ1) is 19.2. The largest absolute Gasteiger partial charge is 0.867 e. The van der Waals surface area contributed by atoms with Crippen LogP contribution in [-0.2, 0) is 0 Å². The molecule has 0 aliphatic rings. The van der Waals surface area contributed by atoms with Crippen LogP contribution < -0.4 is 9.84 Å². The number of aliphatic imine (C=N–C) groups is 1. The molecule has 0 unspecified atom stereocenters. The van der Waals surface area contributed by atoms with Gasteiger partial charge >= 0.3 is 12.3 Å². The van der Waals surface area contributed by atoms with Gasteiger partial charge in [-0.1, -0.05) is 12.1 Å². The summed E-state index contributed by atoms with van der Waals surface area (Å²) in [6.45, 7) is -1.47. The minimum absolute atomic E-state index is 0.00361. The van der Waals surface area contributed by atoms with Gasteiger partial charge in [0.05, 0.1) is 10.6 Å². The second-order valence-corrected chi connectivity index (χ2v) is 5.06. The highest BCUT2D eigenvalue weighted by atomic mass is 19.3. The number of nitrogens with zero attached hydrogens (tertiary/aromatic N) is 2. The zero-order valence-corrected chi connectivity index (χ0v) is 12.9. The Morgan fingerprint density at radius 1 is 1.19 bits per heavy atom. The number of halogens is 4. The Morgan fingerprint density at radius 2 is 1.85 bits per heavy atom. The minimum atomic E-state index is -4.26. The number of nitro benzene ring substituents is 1. The lowest BCUT2D eigenvalue weighted by Gasteiger charge is -2.15. The van der Waals surface area contributed by atoms with Gasteiger partial charge in [-0.3, -0.25) is 15.1 Å². The second-order valence-electron chi connectivity index (χ2n) is 5.06. The first-order chi connectivity index (χ1) is 12.2. The number of benzene rings is 2. The summed E-state index contributed by atoms with van der Waals surface area (Å²) in [5.41, 5.74) is -0.294. The van der Waals surface area contributed by atoms with E-state index in [2.05, 4.69) is 9.73 Å². The molecule has 2 aromatic rings. The van der Waals surface area contributed by atoms with Gasteiger partial charge in [0.25, 0.3) is 5.69 Å². The molecular weight excluding hydrogens is 360 g/mol. The molecule has 0 amide bonds. The molecular formula is C16H11F4N2O4-. The van der Waals surface area contributed by atoms with E-state index in [0.29, 0.717) is 5.69 Å². The first-order valence-corrected chi connectivity index (χ1v) is 7.08. The van der Waals surface area contributed by atoms with E-state index in [1.807, 2.05) is 0 Å². The Bertz CT molecular complexity index is 810. The molecule has 0 N–H and O–H groups in total. The SMILES string of the molecule is O=[N+]([O-])c1cccc(C=Nc2ccc(OCC(F)(F)C(F)F)cc2)c1[O-]. The summed E-state index contributed by atoms with van der Waals surface area (Å²) in [5.74, 6) is -5.12. The highest BCUT2D eigenvalue weighted by Crippen LogP contribution is 2.27. The van der Waals surface area contributed by atoms with Gasteiger partial charge in [-0.15, -0.1) is 0 Å². The summed E-state index contributed by atoms with van der Waals surface area (Å²) in [7, 11) is 0. The van der Waals surface area contributed by atoms with Crippen LogP contribution in [0.3, 0.4) is 0 Å². The van der Waals surface area contributed by atoms with Crippen molar-refractivity contribution in [3.8, 4) is 11.5 Å². The molecule has 2 aromatic carbocycles. The summed E-state index contributed by atoms with van der Waals surface area (Å²) in [6.07, 6.45) is -2.71. The van der Waals surface area contributed by atoms with Gasteiger partial charge < -0.3 is 9.84 Å². The minimum Gasteiger partial charge on any atom is -0.867 e. The summed E-state index contributed by atoms with van der Waals surface area (Å²) in [4.78, 5) is 13.8. The maximum atomic E-state index is 12.8. The first-order valence-electron chi connectivity index (χ1n) is 7.08. The second kappa shape index (κ2) is 7.81. The molecule has 2 rings (SSSR count). The molecule has 26 heavy (non-hydrogen) atoms. The smallest absolute Gasteiger partial charge is 0.340 e. The normalized spacial score (nSPS) is 11.9. The summed E-state index contributed by atoms with van der Waals surface area (Å²) in [5, 5.41) is 22.5. The lowest BCUT2D eigenvalue weighted by Crippen LogP contribution is -2.33. The van der Waals surface area contributed by atoms with E-state index in [-0.39, 0.29) is 11.3 Å². The highest BCUT2D eigenvalue weighted by Gasteiger charge is 2.41. The lowest BCUT2D eigenvalue weighted by molar-refractivity contribution is -0.398. The predicted molar refractivity (Wildman–Crippen MR) is 82.7 cm³/mol. The fourth-order valence-corrected chi connectivity index (χ4v) is 1.80. The van der Waals surface area contributed by atoms with E-state index < -0.39 is 35.3 Å². The van der Waals surface area contributed by atoms with E-state index >= 15 is 0 Å². The average molecular weight is 371 g/mol. The average Bonchev–Trinajstić information content (AvgIpc) is 2.59. The molecule has 0 radical (unpaired) electrons. The fraction of sp³-hybridized carbons (Fsp3) is 0.188. The molecule has 0 spiro atoms. The van der Waals surface area contributed by atoms with Gasteiger partial charge in [0.2, 0.25) is 0 Å². The van der Waals surface area contributed by atoms with Gasteiger partial charge in [-0.25, -0.2) is 8.78 Å². The third-order valence-electron chi connectivity index (χ3n) is 3.16. The van der Waals surface area contributed by atoms with Gasteiger partial charge in [-0.05, 0) is 35.6 Å². The quantitative estimate of drug-likeness (QED) is 0.321. The Balaban J connectivity index is 2.07. The molecule has 0 aromatic heterocycles. The monoisotopic (exact) mass is 371 g/mol. The third kappa shape index (κ3) is 4.68. The van der Waals surface area contributed by atoms with Crippen LogP contribution in [0, 0.1) is 10.1 Å². The molecule has 6 nitrogen and oxygen atoms in total. The van der Waals surface area contributed by atoms with Crippen LogP contribution in [0.1, 0.15) is 5.56 Å². The lowest BCUT2D eigenvalue weighted by atomic mass is 10.2. The molecule has 0 atom stereocenters. The summed E-state index contributed by atoms with van der Waals surface area (Å²) < 4.78 is 54.2. The molecule has 10 heteroatoms. The highest BCUT2D eigenvalue weighted by molar-refractivity contribution is 5.87. The Hall–Kier alpha value is -3.17. The van der Waals surface area contributed by atoms with Gasteiger partial charge in [0.15, 0.2) is 6.61 Å². The zero-order chi connectivity index (χ0) is 19.3. The summed E-state index contributed by atoms with van der Waals surface area (Å²) in [6, 6.07) is 8.91. The Morgan fingerprint density at radius 3 is 2.42 bits per heavy atom. The van der Waals surface area contributed by atoms with Crippen molar-refractivity contribution < 1.29 is 32.3 Å². The summed E-state index contributed by atoms with van der Waals surface area (Å²) >= 11 is 0. The number of ether oxygens (including phenoxy) is 1. The third-order valence-corrected chi connectivity index (χ3v) is 3.16. The molecule has 0 heterocycles. The van der Waals surface area contributed by atoms with Crippen molar-refractivity contribution in [2.45, 2.75) is 12.3 Å². The van der Waals surface area contributed by atoms with Crippen molar-refractivity contribution in [1.29, 1.82) is 0 Å². The van der Waals surface area contributed by atoms with E-state index in [0.717, 1.165) is 12.3 Å². The van der Waals surface area contributed by atoms with Crippen LogP contribution in [0.25, 0.3) is 0 Å². The maximum Gasteiger partial charge on any atom is 0.340 e. The number of rotatable bonds is 7. The van der Waals surface area contributed by atoms with E-state index in [1.54, 1.807) is 0 Å². The number of para-hydroxylation sites is 1. The fourth-order valence-electron chi connectivity index (χ4n) is 1.80. The number of hydrogen-bond donors (Lipinski definition) is 0. The Kier molecular flexibility index (Phi) is 5.75. The number of hydrogen-bond acceptors (Lipinski definition) is 5.